The molecule has 0 radical (unpaired) electrons. The molecule has 1 aromatic carbocycles. The number of hydrogen-bond donors (Lipinski definition) is 0. The van der Waals surface area contributed by atoms with E-state index in [2.05, 4.69) is 39.0 Å². The standard InChI is InChI=1S/C24H28N2O3S2/c1-14-4-6-16(3)19(10-14)26-23(27)21-18-7-5-15(2)11-20(18)31-22(21)25-24(26)30-12-17-8-9-28-13-29-17/h4,6,10,15,17H,5,7-9,11-13H2,1-3H3/t15-,17+/m1/s1. The predicted molar refractivity (Wildman–Crippen MR) is 127 cm³/mol. The van der Waals surface area contributed by atoms with Gasteiger partial charge in [0, 0.05) is 10.6 Å². The van der Waals surface area contributed by atoms with E-state index in [-0.39, 0.29) is 11.7 Å². The van der Waals surface area contributed by atoms with E-state index in [0.717, 1.165) is 70.2 Å². The summed E-state index contributed by atoms with van der Waals surface area (Å²) >= 11 is 3.33. The minimum Gasteiger partial charge on any atom is -0.355 e. The molecule has 0 amide bonds. The largest absolute Gasteiger partial charge is 0.355 e. The van der Waals surface area contributed by atoms with Crippen LogP contribution in [-0.2, 0) is 22.3 Å². The number of hydrogen-bond acceptors (Lipinski definition) is 6. The zero-order chi connectivity index (χ0) is 21.5. The first-order valence-corrected chi connectivity index (χ1v) is 12.8. The first-order chi connectivity index (χ1) is 15.0. The molecule has 2 aromatic heterocycles. The molecule has 2 atom stereocenters. The number of aryl methyl sites for hydroxylation is 3. The van der Waals surface area contributed by atoms with Crippen molar-refractivity contribution in [3.05, 3.63) is 50.1 Å². The summed E-state index contributed by atoms with van der Waals surface area (Å²) in [7, 11) is 0. The van der Waals surface area contributed by atoms with Gasteiger partial charge in [0.1, 0.15) is 11.6 Å². The van der Waals surface area contributed by atoms with E-state index >= 15 is 0 Å². The average Bonchev–Trinajstić information content (AvgIpc) is 3.12. The summed E-state index contributed by atoms with van der Waals surface area (Å²) in [6.45, 7) is 7.49. The summed E-state index contributed by atoms with van der Waals surface area (Å²) in [6.07, 6.45) is 4.16. The Morgan fingerprint density at radius 3 is 2.97 bits per heavy atom. The Bertz CT molecular complexity index is 1180. The molecular weight excluding hydrogens is 428 g/mol. The Balaban J connectivity index is 1.66. The second-order valence-electron chi connectivity index (χ2n) is 8.77. The van der Waals surface area contributed by atoms with Crippen LogP contribution in [0, 0.1) is 19.8 Å². The third-order valence-electron chi connectivity index (χ3n) is 6.27. The highest BCUT2D eigenvalue weighted by Crippen LogP contribution is 2.37. The molecule has 3 heterocycles. The molecule has 0 saturated carbocycles. The van der Waals surface area contributed by atoms with Gasteiger partial charge in [-0.25, -0.2) is 4.98 Å². The Kier molecular flexibility index (Phi) is 5.94. The van der Waals surface area contributed by atoms with Crippen molar-refractivity contribution in [2.45, 2.75) is 57.7 Å². The first-order valence-electron chi connectivity index (χ1n) is 11.0. The highest BCUT2D eigenvalue weighted by Gasteiger charge is 2.26. The lowest BCUT2D eigenvalue weighted by atomic mass is 9.89. The molecule has 5 rings (SSSR count). The highest BCUT2D eigenvalue weighted by atomic mass is 32.2. The molecule has 1 aliphatic heterocycles. The van der Waals surface area contributed by atoms with E-state index in [9.17, 15) is 4.79 Å². The molecule has 0 N–H and O–H groups in total. The molecule has 1 saturated heterocycles. The van der Waals surface area contributed by atoms with Crippen LogP contribution in [0.2, 0.25) is 0 Å². The SMILES string of the molecule is Cc1ccc(C)c(-n2c(SC[C@@H]3CCOCO3)nc3sc4c(c3c2=O)CC[C@@H](C)C4)c1. The van der Waals surface area contributed by atoms with Crippen molar-refractivity contribution in [3.63, 3.8) is 0 Å². The third-order valence-corrected chi connectivity index (χ3v) is 8.49. The van der Waals surface area contributed by atoms with Crippen LogP contribution < -0.4 is 5.56 Å². The molecule has 3 aromatic rings. The van der Waals surface area contributed by atoms with E-state index < -0.39 is 0 Å². The number of benzene rings is 1. The van der Waals surface area contributed by atoms with E-state index in [1.165, 1.54) is 10.4 Å². The fourth-order valence-electron chi connectivity index (χ4n) is 4.44. The molecule has 2 aliphatic rings. The van der Waals surface area contributed by atoms with Gasteiger partial charge in [0.05, 0.1) is 23.8 Å². The lowest BCUT2D eigenvalue weighted by molar-refractivity contribution is -0.130. The molecule has 0 bridgehead atoms. The van der Waals surface area contributed by atoms with E-state index in [4.69, 9.17) is 14.5 Å². The molecular formula is C24H28N2O3S2. The van der Waals surface area contributed by atoms with Crippen LogP contribution in [0.5, 0.6) is 0 Å². The normalized spacial score (nSPS) is 21.4. The average molecular weight is 457 g/mol. The van der Waals surface area contributed by atoms with Gasteiger partial charge in [-0.15, -0.1) is 11.3 Å². The van der Waals surface area contributed by atoms with Crippen molar-refractivity contribution >= 4 is 33.3 Å². The fourth-order valence-corrected chi connectivity index (χ4v) is 6.94. The zero-order valence-electron chi connectivity index (χ0n) is 18.3. The molecule has 1 fully saturated rings. The van der Waals surface area contributed by atoms with Crippen LogP contribution in [0.4, 0.5) is 0 Å². The van der Waals surface area contributed by atoms with Gasteiger partial charge in [0.15, 0.2) is 5.16 Å². The number of ether oxygens (including phenoxy) is 2. The lowest BCUT2D eigenvalue weighted by Gasteiger charge is -2.23. The Hall–Kier alpha value is -1.67. The summed E-state index contributed by atoms with van der Waals surface area (Å²) < 4.78 is 12.9. The second kappa shape index (κ2) is 8.70. The van der Waals surface area contributed by atoms with Crippen molar-refractivity contribution in [1.82, 2.24) is 9.55 Å². The number of thioether (sulfide) groups is 1. The molecule has 5 nitrogen and oxygen atoms in total. The van der Waals surface area contributed by atoms with Gasteiger partial charge in [-0.3, -0.25) is 9.36 Å². The van der Waals surface area contributed by atoms with Crippen LogP contribution in [0.25, 0.3) is 15.9 Å². The Morgan fingerprint density at radius 2 is 2.16 bits per heavy atom. The van der Waals surface area contributed by atoms with Gasteiger partial charge < -0.3 is 9.47 Å². The number of nitrogens with zero attached hydrogens (tertiary/aromatic N) is 2. The number of fused-ring (bicyclic) bond motifs is 3. The van der Waals surface area contributed by atoms with E-state index in [1.807, 2.05) is 4.57 Å². The molecule has 0 spiro atoms. The monoisotopic (exact) mass is 456 g/mol. The van der Waals surface area contributed by atoms with Crippen LogP contribution in [0.3, 0.4) is 0 Å². The molecule has 164 valence electrons. The number of aromatic nitrogens is 2. The van der Waals surface area contributed by atoms with Crippen LogP contribution >= 0.6 is 23.1 Å². The van der Waals surface area contributed by atoms with Gasteiger partial charge in [-0.05, 0) is 68.2 Å². The number of rotatable bonds is 4. The smallest absolute Gasteiger partial charge is 0.267 e. The van der Waals surface area contributed by atoms with E-state index in [0.29, 0.717) is 12.7 Å². The van der Waals surface area contributed by atoms with Gasteiger partial charge in [-0.2, -0.15) is 0 Å². The summed E-state index contributed by atoms with van der Waals surface area (Å²) in [5.41, 5.74) is 4.45. The van der Waals surface area contributed by atoms with E-state index in [1.54, 1.807) is 23.1 Å². The van der Waals surface area contributed by atoms with Crippen LogP contribution in [0.15, 0.2) is 28.2 Å². The van der Waals surface area contributed by atoms with Gasteiger partial charge in [0.2, 0.25) is 0 Å². The van der Waals surface area contributed by atoms with Crippen LogP contribution in [-0.4, -0.2) is 34.8 Å². The summed E-state index contributed by atoms with van der Waals surface area (Å²) in [5.74, 6) is 1.43. The maximum absolute atomic E-state index is 13.9. The van der Waals surface area contributed by atoms with Crippen molar-refractivity contribution in [2.75, 3.05) is 19.2 Å². The maximum Gasteiger partial charge on any atom is 0.267 e. The van der Waals surface area contributed by atoms with Crippen molar-refractivity contribution in [1.29, 1.82) is 0 Å². The van der Waals surface area contributed by atoms with Gasteiger partial charge >= 0.3 is 0 Å². The second-order valence-corrected chi connectivity index (χ2v) is 10.8. The topological polar surface area (TPSA) is 53.4 Å². The summed E-state index contributed by atoms with van der Waals surface area (Å²) in [5, 5.41) is 1.59. The first kappa shape index (κ1) is 21.2. The highest BCUT2D eigenvalue weighted by molar-refractivity contribution is 7.99. The number of thiophene rings is 1. The minimum atomic E-state index is 0.0705. The maximum atomic E-state index is 13.9. The predicted octanol–water partition coefficient (Wildman–Crippen LogP) is 5.04. The zero-order valence-corrected chi connectivity index (χ0v) is 19.9. The van der Waals surface area contributed by atoms with Crippen molar-refractivity contribution in [2.24, 2.45) is 5.92 Å². The molecule has 0 unspecified atom stereocenters. The molecule has 31 heavy (non-hydrogen) atoms. The third kappa shape index (κ3) is 4.09. The molecule has 7 heteroatoms. The van der Waals surface area contributed by atoms with Gasteiger partial charge in [-0.1, -0.05) is 30.8 Å². The molecule has 1 aliphatic carbocycles. The van der Waals surface area contributed by atoms with Gasteiger partial charge in [0.25, 0.3) is 5.56 Å². The van der Waals surface area contributed by atoms with Crippen molar-refractivity contribution < 1.29 is 9.47 Å². The van der Waals surface area contributed by atoms with Crippen LogP contribution in [0.1, 0.15) is 41.3 Å². The summed E-state index contributed by atoms with van der Waals surface area (Å²) in [4.78, 5) is 21.2. The lowest BCUT2D eigenvalue weighted by Crippen LogP contribution is -2.27. The summed E-state index contributed by atoms with van der Waals surface area (Å²) in [6, 6.07) is 6.27. The minimum absolute atomic E-state index is 0.0705. The quantitative estimate of drug-likeness (QED) is 0.406. The van der Waals surface area contributed by atoms with Crippen molar-refractivity contribution in [3.8, 4) is 5.69 Å². The Morgan fingerprint density at radius 1 is 1.29 bits per heavy atom. The fraction of sp³-hybridized carbons (Fsp3) is 0.500. The Labute approximate surface area is 190 Å².